The van der Waals surface area contributed by atoms with E-state index < -0.39 is 46.5 Å². The Bertz CT molecular complexity index is 1630. The first-order valence-corrected chi connectivity index (χ1v) is 12.4. The zero-order valence-corrected chi connectivity index (χ0v) is 21.0. The first-order chi connectivity index (χ1) is 18.8. The molecule has 1 fully saturated rings. The zero-order chi connectivity index (χ0) is 27.6. The number of nitrogens with one attached hydrogen (secondary N) is 1. The first-order valence-electron chi connectivity index (χ1n) is 12.4. The topological polar surface area (TPSA) is 128 Å². The van der Waals surface area contributed by atoms with Gasteiger partial charge >= 0.3 is 5.69 Å². The molecule has 4 aromatic rings. The highest BCUT2D eigenvalue weighted by Gasteiger charge is 2.62. The van der Waals surface area contributed by atoms with Crippen LogP contribution in [-0.4, -0.2) is 38.2 Å². The lowest BCUT2D eigenvalue weighted by molar-refractivity contribution is -0.0400. The second kappa shape index (κ2) is 10.5. The van der Waals surface area contributed by atoms with Crippen LogP contribution < -0.4 is 11.2 Å². The molecule has 9 nitrogen and oxygen atoms in total. The highest BCUT2D eigenvalue weighted by Crippen LogP contribution is 2.53. The smallest absolute Gasteiger partial charge is 0.347 e. The minimum atomic E-state index is -1.68. The van der Waals surface area contributed by atoms with E-state index in [4.69, 9.17) is 4.74 Å². The van der Waals surface area contributed by atoms with Crippen molar-refractivity contribution in [3.8, 4) is 0 Å². The zero-order valence-electron chi connectivity index (χ0n) is 21.0. The highest BCUT2D eigenvalue weighted by molar-refractivity contribution is 6.08. The summed E-state index contributed by atoms with van der Waals surface area (Å²) in [6.07, 6.45) is -1.79. The van der Waals surface area contributed by atoms with Crippen molar-refractivity contribution < 1.29 is 19.1 Å². The Morgan fingerprint density at radius 2 is 1.38 bits per heavy atom. The van der Waals surface area contributed by atoms with Gasteiger partial charge in [-0.05, 0) is 6.92 Å². The van der Waals surface area contributed by atoms with E-state index in [2.05, 4.69) is 10.1 Å². The SMILES string of the molecule is CC1(C(=O)c2ccccc2)C(C(=O)c2ccccc2)C(CC(=O)c2ccccc2)OC1n1ncc(=O)[nH]c1=O. The van der Waals surface area contributed by atoms with Gasteiger partial charge in [-0.25, -0.2) is 4.79 Å². The van der Waals surface area contributed by atoms with E-state index >= 15 is 0 Å². The molecule has 0 bridgehead atoms. The van der Waals surface area contributed by atoms with Gasteiger partial charge in [0.05, 0.1) is 17.4 Å². The number of nitrogens with zero attached hydrogens (tertiary/aromatic N) is 2. The van der Waals surface area contributed by atoms with Crippen LogP contribution in [0.4, 0.5) is 0 Å². The van der Waals surface area contributed by atoms with Gasteiger partial charge in [0.15, 0.2) is 23.6 Å². The number of aromatic nitrogens is 3. The van der Waals surface area contributed by atoms with Gasteiger partial charge in [-0.2, -0.15) is 9.78 Å². The number of aromatic amines is 1. The van der Waals surface area contributed by atoms with Crippen molar-refractivity contribution in [3.05, 3.63) is 135 Å². The van der Waals surface area contributed by atoms with Crippen LogP contribution >= 0.6 is 0 Å². The Balaban J connectivity index is 1.69. The molecule has 196 valence electrons. The van der Waals surface area contributed by atoms with E-state index in [0.717, 1.165) is 10.9 Å². The Morgan fingerprint density at radius 3 is 1.95 bits per heavy atom. The summed E-state index contributed by atoms with van der Waals surface area (Å²) >= 11 is 0. The standard InChI is InChI=1S/C30H25N3O6/c1-30(27(37)21-15-9-4-10-16-21)25(26(36)20-13-7-3-8-14-20)23(17-22(34)19-11-5-2-6-12-19)39-28(30)33-29(38)32-24(35)18-31-33/h2-16,18,23,25,28H,17H2,1H3,(H,32,35,38). The number of Topliss-reactive ketones (excluding diaryl/α,β-unsaturated/α-hetero) is 3. The molecule has 4 atom stereocenters. The van der Waals surface area contributed by atoms with Gasteiger partial charge in [0.25, 0.3) is 5.56 Å². The maximum atomic E-state index is 14.2. The predicted molar refractivity (Wildman–Crippen MR) is 142 cm³/mol. The number of ketones is 3. The average Bonchev–Trinajstić information content (AvgIpc) is 3.25. The van der Waals surface area contributed by atoms with Gasteiger partial charge in [0.2, 0.25) is 0 Å². The lowest BCUT2D eigenvalue weighted by Crippen LogP contribution is -2.47. The molecule has 1 aliphatic rings. The van der Waals surface area contributed by atoms with Crippen LogP contribution in [0.3, 0.4) is 0 Å². The maximum Gasteiger partial charge on any atom is 0.347 e. The van der Waals surface area contributed by atoms with E-state index in [0.29, 0.717) is 16.7 Å². The highest BCUT2D eigenvalue weighted by atomic mass is 16.5. The number of hydrogen-bond acceptors (Lipinski definition) is 7. The molecular weight excluding hydrogens is 498 g/mol. The molecule has 1 N–H and O–H groups in total. The maximum absolute atomic E-state index is 14.2. The summed E-state index contributed by atoms with van der Waals surface area (Å²) in [5.74, 6) is -2.32. The largest absolute Gasteiger partial charge is 0.351 e. The fourth-order valence-electron chi connectivity index (χ4n) is 5.23. The molecule has 2 heterocycles. The molecule has 0 spiro atoms. The minimum absolute atomic E-state index is 0.223. The Labute approximate surface area is 223 Å². The van der Waals surface area contributed by atoms with Crippen LogP contribution in [0.1, 0.15) is 50.6 Å². The number of H-pyrrole nitrogens is 1. The Hall–Kier alpha value is -4.76. The molecule has 1 aromatic heterocycles. The van der Waals surface area contributed by atoms with Crippen LogP contribution in [-0.2, 0) is 4.74 Å². The summed E-state index contributed by atoms with van der Waals surface area (Å²) in [5, 5.41) is 3.96. The van der Waals surface area contributed by atoms with E-state index in [9.17, 15) is 24.0 Å². The summed E-state index contributed by atoms with van der Waals surface area (Å²) in [7, 11) is 0. The summed E-state index contributed by atoms with van der Waals surface area (Å²) < 4.78 is 7.15. The molecule has 0 aliphatic carbocycles. The molecule has 1 saturated heterocycles. The van der Waals surface area contributed by atoms with Crippen molar-refractivity contribution in [2.45, 2.75) is 25.7 Å². The Morgan fingerprint density at radius 1 is 0.846 bits per heavy atom. The molecule has 0 amide bonds. The molecule has 39 heavy (non-hydrogen) atoms. The Kier molecular flexibility index (Phi) is 7.00. The molecular formula is C30H25N3O6. The van der Waals surface area contributed by atoms with Crippen molar-refractivity contribution in [3.63, 3.8) is 0 Å². The van der Waals surface area contributed by atoms with E-state index in [-0.39, 0.29) is 12.2 Å². The summed E-state index contributed by atoms with van der Waals surface area (Å²) in [6.45, 7) is 1.55. The third-order valence-electron chi connectivity index (χ3n) is 7.14. The number of hydrogen-bond donors (Lipinski definition) is 1. The lowest BCUT2D eigenvalue weighted by Gasteiger charge is -2.33. The van der Waals surface area contributed by atoms with Crippen LogP contribution in [0.5, 0.6) is 0 Å². The van der Waals surface area contributed by atoms with Gasteiger partial charge in [-0.3, -0.25) is 24.2 Å². The fraction of sp³-hybridized carbons (Fsp3) is 0.200. The third kappa shape index (κ3) is 4.80. The summed E-state index contributed by atoms with van der Waals surface area (Å²) in [6, 6.07) is 25.3. The first kappa shape index (κ1) is 25.9. The fourth-order valence-corrected chi connectivity index (χ4v) is 5.23. The molecule has 9 heteroatoms. The van der Waals surface area contributed by atoms with Gasteiger partial charge in [-0.1, -0.05) is 91.0 Å². The van der Waals surface area contributed by atoms with Crippen LogP contribution in [0, 0.1) is 11.3 Å². The molecule has 4 unspecified atom stereocenters. The summed E-state index contributed by atoms with van der Waals surface area (Å²) in [5.41, 5.74) is -2.25. The molecule has 1 aliphatic heterocycles. The van der Waals surface area contributed by atoms with Gasteiger partial charge in [0, 0.05) is 23.1 Å². The van der Waals surface area contributed by atoms with Gasteiger partial charge < -0.3 is 4.74 Å². The average molecular weight is 524 g/mol. The number of benzene rings is 3. The van der Waals surface area contributed by atoms with Crippen molar-refractivity contribution in [2.75, 3.05) is 0 Å². The van der Waals surface area contributed by atoms with E-state index in [1.807, 2.05) is 0 Å². The van der Waals surface area contributed by atoms with Crippen LogP contribution in [0.15, 0.2) is 107 Å². The molecule has 0 radical (unpaired) electrons. The number of rotatable bonds is 8. The van der Waals surface area contributed by atoms with Gasteiger partial charge in [-0.15, -0.1) is 0 Å². The molecule has 0 saturated carbocycles. The third-order valence-corrected chi connectivity index (χ3v) is 7.14. The lowest BCUT2D eigenvalue weighted by atomic mass is 9.67. The normalized spacial score (nSPS) is 22.3. The molecule has 5 rings (SSSR count). The van der Waals surface area contributed by atoms with E-state index in [1.165, 1.54) is 0 Å². The number of carbonyl (C=O) groups excluding carboxylic acids is 3. The number of carbonyl (C=O) groups is 3. The van der Waals surface area contributed by atoms with Crippen LogP contribution in [0.25, 0.3) is 0 Å². The van der Waals surface area contributed by atoms with Crippen LogP contribution in [0.2, 0.25) is 0 Å². The van der Waals surface area contributed by atoms with Crippen molar-refractivity contribution in [1.82, 2.24) is 14.8 Å². The van der Waals surface area contributed by atoms with Gasteiger partial charge in [0.1, 0.15) is 6.20 Å². The predicted octanol–water partition coefficient (Wildman–Crippen LogP) is 3.49. The monoisotopic (exact) mass is 523 g/mol. The quantitative estimate of drug-likeness (QED) is 0.350. The number of ether oxygens (including phenoxy) is 1. The second-order valence-electron chi connectivity index (χ2n) is 9.59. The minimum Gasteiger partial charge on any atom is -0.351 e. The van der Waals surface area contributed by atoms with Crippen molar-refractivity contribution in [1.29, 1.82) is 0 Å². The van der Waals surface area contributed by atoms with Crippen molar-refractivity contribution >= 4 is 17.3 Å². The molecule has 3 aromatic carbocycles. The van der Waals surface area contributed by atoms with E-state index in [1.54, 1.807) is 97.9 Å². The second-order valence-corrected chi connectivity index (χ2v) is 9.59. The van der Waals surface area contributed by atoms with Crippen molar-refractivity contribution in [2.24, 2.45) is 11.3 Å². The summed E-state index contributed by atoms with van der Waals surface area (Å²) in [4.78, 5) is 68.5.